The molecule has 2 atom stereocenters. The molecule has 82 valence electrons. The van der Waals surface area contributed by atoms with E-state index in [1.807, 2.05) is 18.2 Å². The van der Waals surface area contributed by atoms with Crippen LogP contribution in [0, 0.1) is 0 Å². The summed E-state index contributed by atoms with van der Waals surface area (Å²) in [6, 6.07) is 10.7. The molecule has 0 spiro atoms. The summed E-state index contributed by atoms with van der Waals surface area (Å²) in [5.74, 6) is 0. The summed E-state index contributed by atoms with van der Waals surface area (Å²) in [7, 11) is 0. The lowest BCUT2D eigenvalue weighted by atomic mass is 10.2. The van der Waals surface area contributed by atoms with Crippen LogP contribution in [0.5, 0.6) is 0 Å². The van der Waals surface area contributed by atoms with Gasteiger partial charge >= 0.3 is 0 Å². The van der Waals surface area contributed by atoms with E-state index in [2.05, 4.69) is 29.3 Å². The normalized spacial score (nSPS) is 27.5. The molecule has 0 saturated carbocycles. The molecule has 1 saturated heterocycles. The number of hydrogen-bond acceptors (Lipinski definition) is 3. The zero-order chi connectivity index (χ0) is 10.7. The third-order valence-corrected chi connectivity index (χ3v) is 2.75. The fraction of sp³-hybridized carbons (Fsp3) is 0.500. The lowest BCUT2D eigenvalue weighted by Gasteiger charge is -2.25. The second-order valence-electron chi connectivity index (χ2n) is 4.20. The fourth-order valence-electron chi connectivity index (χ4n) is 1.98. The van der Waals surface area contributed by atoms with Crippen LogP contribution in [-0.4, -0.2) is 36.9 Å². The van der Waals surface area contributed by atoms with E-state index < -0.39 is 0 Å². The van der Waals surface area contributed by atoms with Crippen molar-refractivity contribution in [1.29, 1.82) is 0 Å². The maximum Gasteiger partial charge on any atom is 0.0839 e. The summed E-state index contributed by atoms with van der Waals surface area (Å²) in [5, 5.41) is 13.0. The van der Waals surface area contributed by atoms with Gasteiger partial charge in [0.25, 0.3) is 0 Å². The van der Waals surface area contributed by atoms with Crippen molar-refractivity contribution >= 4 is 5.69 Å². The minimum Gasteiger partial charge on any atom is -0.390 e. The van der Waals surface area contributed by atoms with Crippen molar-refractivity contribution in [2.45, 2.75) is 19.1 Å². The Bertz CT molecular complexity index is 290. The lowest BCUT2D eigenvalue weighted by molar-refractivity contribution is 0.183. The minimum atomic E-state index is -0.282. The third kappa shape index (κ3) is 2.70. The Hall–Kier alpha value is -1.06. The van der Waals surface area contributed by atoms with Crippen LogP contribution >= 0.6 is 0 Å². The van der Waals surface area contributed by atoms with Gasteiger partial charge in [0.05, 0.1) is 6.10 Å². The van der Waals surface area contributed by atoms with E-state index in [4.69, 9.17) is 0 Å². The topological polar surface area (TPSA) is 35.5 Å². The molecule has 3 nitrogen and oxygen atoms in total. The van der Waals surface area contributed by atoms with Crippen LogP contribution < -0.4 is 10.2 Å². The Balaban J connectivity index is 2.13. The molecule has 1 heterocycles. The number of rotatable bonds is 1. The van der Waals surface area contributed by atoms with Crippen LogP contribution in [0.4, 0.5) is 5.69 Å². The molecular weight excluding hydrogens is 188 g/mol. The summed E-state index contributed by atoms with van der Waals surface area (Å²) in [6.07, 6.45) is -0.282. The summed E-state index contributed by atoms with van der Waals surface area (Å²) < 4.78 is 0. The molecule has 2 N–H and O–H groups in total. The van der Waals surface area contributed by atoms with Gasteiger partial charge in [0.1, 0.15) is 0 Å². The number of aliphatic hydroxyl groups is 1. The van der Waals surface area contributed by atoms with E-state index in [0.717, 1.165) is 6.54 Å². The Labute approximate surface area is 90.7 Å². The van der Waals surface area contributed by atoms with Gasteiger partial charge in [0.2, 0.25) is 0 Å². The molecule has 15 heavy (non-hydrogen) atoms. The van der Waals surface area contributed by atoms with Gasteiger partial charge in [-0.05, 0) is 19.1 Å². The summed E-state index contributed by atoms with van der Waals surface area (Å²) in [6.45, 7) is 4.49. The number of nitrogens with zero attached hydrogens (tertiary/aromatic N) is 1. The highest BCUT2D eigenvalue weighted by Gasteiger charge is 2.19. The van der Waals surface area contributed by atoms with Crippen LogP contribution in [0.2, 0.25) is 0 Å². The van der Waals surface area contributed by atoms with Gasteiger partial charge < -0.3 is 15.3 Å². The number of anilines is 1. The molecule has 1 fully saturated rings. The van der Waals surface area contributed by atoms with Gasteiger partial charge in [-0.25, -0.2) is 0 Å². The minimum absolute atomic E-state index is 0.282. The van der Waals surface area contributed by atoms with Gasteiger partial charge in [-0.15, -0.1) is 0 Å². The monoisotopic (exact) mass is 206 g/mol. The number of β-amino-alcohol motifs (C(OH)–C–C–N with tert-alkyl or cyclic N) is 1. The van der Waals surface area contributed by atoms with Crippen molar-refractivity contribution < 1.29 is 5.11 Å². The van der Waals surface area contributed by atoms with Crippen molar-refractivity contribution in [1.82, 2.24) is 5.32 Å². The Morgan fingerprint density at radius 1 is 1.27 bits per heavy atom. The predicted molar refractivity (Wildman–Crippen MR) is 62.1 cm³/mol. The fourth-order valence-corrected chi connectivity index (χ4v) is 1.98. The van der Waals surface area contributed by atoms with E-state index in [-0.39, 0.29) is 6.10 Å². The summed E-state index contributed by atoms with van der Waals surface area (Å²) in [4.78, 5) is 2.23. The lowest BCUT2D eigenvalue weighted by Crippen LogP contribution is -2.35. The standard InChI is InChI=1S/C12H18N2O/c1-10-8-14(9-12(15)7-13-10)11-5-3-2-4-6-11/h2-6,10,12-13,15H,7-9H2,1H3. The van der Waals surface area contributed by atoms with Gasteiger partial charge in [0.15, 0.2) is 0 Å². The first-order valence-electron chi connectivity index (χ1n) is 5.47. The molecular formula is C12H18N2O. The van der Waals surface area contributed by atoms with Crippen LogP contribution in [0.3, 0.4) is 0 Å². The molecule has 0 bridgehead atoms. The molecule has 0 aromatic heterocycles. The quantitative estimate of drug-likeness (QED) is 0.715. The second-order valence-corrected chi connectivity index (χ2v) is 4.20. The predicted octanol–water partition coefficient (Wildman–Crippen LogP) is 0.846. The second kappa shape index (κ2) is 4.64. The highest BCUT2D eigenvalue weighted by Crippen LogP contribution is 2.15. The average Bonchev–Trinajstić information content (AvgIpc) is 2.42. The highest BCUT2D eigenvalue weighted by atomic mass is 16.3. The molecule has 0 radical (unpaired) electrons. The van der Waals surface area contributed by atoms with Crippen molar-refractivity contribution in [3.63, 3.8) is 0 Å². The van der Waals surface area contributed by atoms with Crippen molar-refractivity contribution in [2.75, 3.05) is 24.5 Å². The van der Waals surface area contributed by atoms with Gasteiger partial charge in [0, 0.05) is 31.4 Å². The van der Waals surface area contributed by atoms with Crippen molar-refractivity contribution in [3.05, 3.63) is 30.3 Å². The van der Waals surface area contributed by atoms with Crippen LogP contribution in [0.15, 0.2) is 30.3 Å². The molecule has 2 unspecified atom stereocenters. The largest absolute Gasteiger partial charge is 0.390 e. The summed E-state index contributed by atoms with van der Waals surface area (Å²) in [5.41, 5.74) is 1.19. The number of para-hydroxylation sites is 1. The first-order chi connectivity index (χ1) is 7.25. The molecule has 1 aromatic carbocycles. The Morgan fingerprint density at radius 3 is 2.73 bits per heavy atom. The molecule has 1 aromatic rings. The zero-order valence-corrected chi connectivity index (χ0v) is 9.06. The first kappa shape index (κ1) is 10.5. The van der Waals surface area contributed by atoms with E-state index in [1.54, 1.807) is 0 Å². The molecule has 0 amide bonds. The van der Waals surface area contributed by atoms with E-state index in [0.29, 0.717) is 19.1 Å². The zero-order valence-electron chi connectivity index (χ0n) is 9.06. The van der Waals surface area contributed by atoms with Crippen molar-refractivity contribution in [3.8, 4) is 0 Å². The van der Waals surface area contributed by atoms with E-state index >= 15 is 0 Å². The van der Waals surface area contributed by atoms with Crippen LogP contribution in [-0.2, 0) is 0 Å². The maximum atomic E-state index is 9.73. The molecule has 3 heteroatoms. The van der Waals surface area contributed by atoms with Gasteiger partial charge in [-0.1, -0.05) is 18.2 Å². The summed E-state index contributed by atoms with van der Waals surface area (Å²) >= 11 is 0. The number of benzene rings is 1. The molecule has 1 aliphatic heterocycles. The number of aliphatic hydroxyl groups excluding tert-OH is 1. The first-order valence-corrected chi connectivity index (χ1v) is 5.47. The Kier molecular flexibility index (Phi) is 3.23. The third-order valence-electron chi connectivity index (χ3n) is 2.75. The van der Waals surface area contributed by atoms with E-state index in [9.17, 15) is 5.11 Å². The van der Waals surface area contributed by atoms with Gasteiger partial charge in [-0.3, -0.25) is 0 Å². The SMILES string of the molecule is CC1CN(c2ccccc2)CC(O)CN1. The highest BCUT2D eigenvalue weighted by molar-refractivity contribution is 5.46. The van der Waals surface area contributed by atoms with Crippen LogP contribution in [0.25, 0.3) is 0 Å². The smallest absolute Gasteiger partial charge is 0.0839 e. The Morgan fingerprint density at radius 2 is 2.00 bits per heavy atom. The maximum absolute atomic E-state index is 9.73. The van der Waals surface area contributed by atoms with Crippen LogP contribution in [0.1, 0.15) is 6.92 Å². The van der Waals surface area contributed by atoms with E-state index in [1.165, 1.54) is 5.69 Å². The number of hydrogen-bond donors (Lipinski definition) is 2. The molecule has 1 aliphatic rings. The average molecular weight is 206 g/mol. The molecule has 2 rings (SSSR count). The van der Waals surface area contributed by atoms with Crippen molar-refractivity contribution in [2.24, 2.45) is 0 Å². The number of nitrogens with one attached hydrogen (secondary N) is 1. The van der Waals surface area contributed by atoms with Gasteiger partial charge in [-0.2, -0.15) is 0 Å². The molecule has 0 aliphatic carbocycles.